The van der Waals surface area contributed by atoms with Crippen molar-refractivity contribution < 1.29 is 10.2 Å². The molecule has 2 aliphatic heterocycles. The van der Waals surface area contributed by atoms with Crippen molar-refractivity contribution in [2.24, 2.45) is 0 Å². The highest BCUT2D eigenvalue weighted by molar-refractivity contribution is 6.32. The molecule has 7 heteroatoms. The van der Waals surface area contributed by atoms with Crippen molar-refractivity contribution in [3.63, 3.8) is 0 Å². The van der Waals surface area contributed by atoms with E-state index in [9.17, 15) is 10.2 Å². The van der Waals surface area contributed by atoms with Crippen LogP contribution < -0.4 is 4.90 Å². The Bertz CT molecular complexity index is 1070. The number of piperidine rings is 1. The number of rotatable bonds is 4. The van der Waals surface area contributed by atoms with Crippen LogP contribution in [-0.4, -0.2) is 44.9 Å². The minimum Gasteiger partial charge on any atom is -0.507 e. The van der Waals surface area contributed by atoms with Crippen LogP contribution >= 0.6 is 11.6 Å². The van der Waals surface area contributed by atoms with E-state index in [-0.39, 0.29) is 16.5 Å². The number of hydrogen-bond donors (Lipinski definition) is 3. The average molecular weight is 439 g/mol. The molecule has 0 spiro atoms. The van der Waals surface area contributed by atoms with Gasteiger partial charge < -0.3 is 15.1 Å². The number of aromatic amines is 1. The Kier molecular flexibility index (Phi) is 5.50. The van der Waals surface area contributed by atoms with Crippen molar-refractivity contribution in [2.75, 3.05) is 24.5 Å². The molecule has 0 amide bonds. The molecular weight excluding hydrogens is 412 g/mol. The van der Waals surface area contributed by atoms with Gasteiger partial charge in [0.05, 0.1) is 5.02 Å². The van der Waals surface area contributed by atoms with E-state index in [1.165, 1.54) is 36.6 Å². The van der Waals surface area contributed by atoms with Crippen LogP contribution in [0.4, 0.5) is 5.69 Å². The van der Waals surface area contributed by atoms with Crippen molar-refractivity contribution in [1.29, 1.82) is 0 Å². The number of phenolic OH excluding ortho intramolecular Hbond substituents is 2. The minimum atomic E-state index is -0.137. The topological polar surface area (TPSA) is 75.6 Å². The zero-order valence-corrected chi connectivity index (χ0v) is 18.2. The number of anilines is 1. The van der Waals surface area contributed by atoms with Crippen molar-refractivity contribution in [1.82, 2.24) is 15.1 Å². The van der Waals surface area contributed by atoms with Gasteiger partial charge >= 0.3 is 0 Å². The highest BCUT2D eigenvalue weighted by Gasteiger charge is 2.25. The van der Waals surface area contributed by atoms with Gasteiger partial charge in [0, 0.05) is 67.7 Å². The Hall–Kier alpha value is -2.70. The van der Waals surface area contributed by atoms with Gasteiger partial charge in [-0.2, -0.15) is 5.10 Å². The highest BCUT2D eigenvalue weighted by atomic mass is 35.5. The molecule has 1 aromatic heterocycles. The molecule has 31 heavy (non-hydrogen) atoms. The number of phenols is 2. The molecule has 2 aliphatic rings. The maximum Gasteiger partial charge on any atom is 0.137 e. The lowest BCUT2D eigenvalue weighted by Crippen LogP contribution is -2.30. The third kappa shape index (κ3) is 4.10. The number of fused-ring (bicyclic) bond motifs is 1. The fourth-order valence-electron chi connectivity index (χ4n) is 4.67. The molecule has 0 atom stereocenters. The summed E-state index contributed by atoms with van der Waals surface area (Å²) >= 11 is 6.08. The van der Waals surface area contributed by atoms with Crippen LogP contribution in [-0.2, 0) is 19.5 Å². The zero-order valence-electron chi connectivity index (χ0n) is 17.4. The predicted octanol–water partition coefficient (Wildman–Crippen LogP) is 4.69. The van der Waals surface area contributed by atoms with Gasteiger partial charge in [-0.3, -0.25) is 10.00 Å². The number of nitrogens with zero attached hydrogens (tertiary/aromatic N) is 3. The Morgan fingerprint density at radius 1 is 0.968 bits per heavy atom. The predicted molar refractivity (Wildman–Crippen MR) is 123 cm³/mol. The van der Waals surface area contributed by atoms with E-state index < -0.39 is 0 Å². The summed E-state index contributed by atoms with van der Waals surface area (Å²) in [6, 6.07) is 11.8. The first-order chi connectivity index (χ1) is 15.1. The van der Waals surface area contributed by atoms with Crippen LogP contribution in [0.3, 0.4) is 0 Å². The number of nitrogens with one attached hydrogen (secondary N) is 1. The fourth-order valence-corrected chi connectivity index (χ4v) is 4.84. The second-order valence-corrected chi connectivity index (χ2v) is 8.93. The lowest BCUT2D eigenvalue weighted by Gasteiger charge is -2.29. The summed E-state index contributed by atoms with van der Waals surface area (Å²) in [6.45, 7) is 4.88. The molecule has 2 aromatic carbocycles. The molecule has 0 bridgehead atoms. The monoisotopic (exact) mass is 438 g/mol. The van der Waals surface area contributed by atoms with Gasteiger partial charge in [-0.05, 0) is 43.0 Å². The standard InChI is InChI=1S/C24H27ClN4O2/c25-20-12-18(22(30)13-23(20)31)24-19-15-28(11-8-21(19)26-27-24)14-16-4-6-17(7-5-16)29-9-2-1-3-10-29/h4-7,12-13,30-31H,1-3,8-11,14-15H2,(H,26,27). The number of aromatic nitrogens is 2. The molecule has 3 N–H and O–H groups in total. The van der Waals surface area contributed by atoms with Crippen molar-refractivity contribution in [3.8, 4) is 22.8 Å². The summed E-state index contributed by atoms with van der Waals surface area (Å²) in [4.78, 5) is 4.88. The first-order valence-corrected chi connectivity index (χ1v) is 11.3. The van der Waals surface area contributed by atoms with E-state index in [2.05, 4.69) is 44.3 Å². The van der Waals surface area contributed by atoms with Crippen molar-refractivity contribution in [3.05, 3.63) is 58.2 Å². The molecule has 0 radical (unpaired) electrons. The Labute approximate surface area is 187 Å². The second kappa shape index (κ2) is 8.44. The van der Waals surface area contributed by atoms with Crippen LogP contribution in [0.2, 0.25) is 5.02 Å². The van der Waals surface area contributed by atoms with Crippen molar-refractivity contribution >= 4 is 17.3 Å². The smallest absolute Gasteiger partial charge is 0.137 e. The molecule has 0 saturated carbocycles. The number of halogens is 1. The van der Waals surface area contributed by atoms with Crippen LogP contribution in [0.5, 0.6) is 11.5 Å². The molecule has 0 aliphatic carbocycles. The van der Waals surface area contributed by atoms with E-state index >= 15 is 0 Å². The molecule has 1 saturated heterocycles. The molecule has 6 nitrogen and oxygen atoms in total. The molecule has 162 valence electrons. The van der Waals surface area contributed by atoms with Gasteiger partial charge in [0.15, 0.2) is 0 Å². The Morgan fingerprint density at radius 3 is 2.52 bits per heavy atom. The Balaban J connectivity index is 1.32. The van der Waals surface area contributed by atoms with Crippen molar-refractivity contribution in [2.45, 2.75) is 38.8 Å². The fraction of sp³-hybridized carbons (Fsp3) is 0.375. The second-order valence-electron chi connectivity index (χ2n) is 8.52. The van der Waals surface area contributed by atoms with Gasteiger partial charge in [0.1, 0.15) is 17.2 Å². The van der Waals surface area contributed by atoms with Crippen LogP contribution in [0.25, 0.3) is 11.3 Å². The molecule has 3 aromatic rings. The van der Waals surface area contributed by atoms with E-state index in [4.69, 9.17) is 11.6 Å². The molecular formula is C24H27ClN4O2. The van der Waals surface area contributed by atoms with Gasteiger partial charge in [-0.15, -0.1) is 0 Å². The third-order valence-corrected chi connectivity index (χ3v) is 6.70. The van der Waals surface area contributed by atoms with E-state index in [1.807, 2.05) is 0 Å². The molecule has 3 heterocycles. The number of benzene rings is 2. The number of H-pyrrole nitrogens is 1. The minimum absolute atomic E-state index is 0.0263. The van der Waals surface area contributed by atoms with Gasteiger partial charge in [-0.1, -0.05) is 23.7 Å². The summed E-state index contributed by atoms with van der Waals surface area (Å²) < 4.78 is 0. The summed E-state index contributed by atoms with van der Waals surface area (Å²) in [5.41, 5.74) is 6.02. The third-order valence-electron chi connectivity index (χ3n) is 6.40. The van der Waals surface area contributed by atoms with Crippen LogP contribution in [0.1, 0.15) is 36.1 Å². The van der Waals surface area contributed by atoms with E-state index in [1.54, 1.807) is 6.07 Å². The maximum absolute atomic E-state index is 10.3. The number of hydrogen-bond acceptors (Lipinski definition) is 5. The van der Waals surface area contributed by atoms with Gasteiger partial charge in [0.25, 0.3) is 0 Å². The largest absolute Gasteiger partial charge is 0.507 e. The summed E-state index contributed by atoms with van der Waals surface area (Å²) in [5, 5.41) is 27.8. The zero-order chi connectivity index (χ0) is 21.4. The molecule has 5 rings (SSSR count). The molecule has 0 unspecified atom stereocenters. The SMILES string of the molecule is Oc1cc(O)c(-c2n[nH]c3c2CN(Cc2ccc(N4CCCCC4)cc2)CC3)cc1Cl. The first kappa shape index (κ1) is 20.2. The summed E-state index contributed by atoms with van der Waals surface area (Å²) in [6.07, 6.45) is 4.79. The lowest BCUT2D eigenvalue weighted by atomic mass is 9.99. The first-order valence-electron chi connectivity index (χ1n) is 10.9. The van der Waals surface area contributed by atoms with E-state index in [0.29, 0.717) is 11.3 Å². The quantitative estimate of drug-likeness (QED) is 0.551. The van der Waals surface area contributed by atoms with Crippen LogP contribution in [0.15, 0.2) is 36.4 Å². The van der Waals surface area contributed by atoms with Gasteiger partial charge in [-0.25, -0.2) is 0 Å². The van der Waals surface area contributed by atoms with Gasteiger partial charge in [0.2, 0.25) is 0 Å². The maximum atomic E-state index is 10.3. The normalized spacial score (nSPS) is 17.0. The van der Waals surface area contributed by atoms with Crippen LogP contribution in [0, 0.1) is 0 Å². The summed E-state index contributed by atoms with van der Waals surface area (Å²) in [7, 11) is 0. The highest BCUT2D eigenvalue weighted by Crippen LogP contribution is 2.39. The number of aromatic hydroxyl groups is 2. The Morgan fingerprint density at radius 2 is 1.74 bits per heavy atom. The molecule has 1 fully saturated rings. The summed E-state index contributed by atoms with van der Waals surface area (Å²) in [5.74, 6) is -0.163. The average Bonchev–Trinajstić information content (AvgIpc) is 3.20. The lowest BCUT2D eigenvalue weighted by molar-refractivity contribution is 0.245. The van der Waals surface area contributed by atoms with E-state index in [0.717, 1.165) is 50.4 Å².